The molecule has 22 heavy (non-hydrogen) atoms. The molecule has 0 saturated heterocycles. The first-order valence-electron chi connectivity index (χ1n) is 7.56. The first-order chi connectivity index (χ1) is 10.5. The van der Waals surface area contributed by atoms with Crippen LogP contribution in [-0.4, -0.2) is 25.4 Å². The van der Waals surface area contributed by atoms with Crippen molar-refractivity contribution in [2.45, 2.75) is 43.0 Å². The van der Waals surface area contributed by atoms with Crippen LogP contribution >= 0.6 is 11.8 Å². The zero-order chi connectivity index (χ0) is 15.9. The maximum atomic E-state index is 12.4. The average molecular weight is 320 g/mol. The topological polar surface area (TPSA) is 69.8 Å². The summed E-state index contributed by atoms with van der Waals surface area (Å²) in [7, 11) is 3.15. The van der Waals surface area contributed by atoms with Gasteiger partial charge in [-0.05, 0) is 19.1 Å². The molecule has 0 amide bonds. The van der Waals surface area contributed by atoms with Crippen LogP contribution < -0.4 is 11.2 Å². The molecular weight excluding hydrogens is 300 g/mol. The van der Waals surface area contributed by atoms with E-state index in [2.05, 4.69) is 9.97 Å². The molecule has 0 radical (unpaired) electrons. The van der Waals surface area contributed by atoms with Crippen LogP contribution in [0.2, 0.25) is 0 Å². The Labute approximate surface area is 132 Å². The molecule has 7 heteroatoms. The molecular formula is C15H20N4O2S. The van der Waals surface area contributed by atoms with E-state index in [1.807, 2.05) is 6.26 Å². The van der Waals surface area contributed by atoms with E-state index >= 15 is 0 Å². The minimum atomic E-state index is -0.349. The minimum absolute atomic E-state index is 0.322. The second-order valence-corrected chi connectivity index (χ2v) is 6.63. The normalized spacial score (nSPS) is 16.3. The van der Waals surface area contributed by atoms with Crippen LogP contribution in [0.5, 0.6) is 0 Å². The highest BCUT2D eigenvalue weighted by molar-refractivity contribution is 7.98. The summed E-state index contributed by atoms with van der Waals surface area (Å²) in [6.07, 6.45) is 7.71. The van der Waals surface area contributed by atoms with Crippen molar-refractivity contribution >= 4 is 22.8 Å². The predicted molar refractivity (Wildman–Crippen MR) is 87.6 cm³/mol. The van der Waals surface area contributed by atoms with Crippen molar-refractivity contribution in [1.82, 2.24) is 19.1 Å². The second kappa shape index (κ2) is 5.87. The van der Waals surface area contributed by atoms with Crippen molar-refractivity contribution in [2.75, 3.05) is 6.26 Å². The minimum Gasteiger partial charge on any atom is -0.280 e. The summed E-state index contributed by atoms with van der Waals surface area (Å²) >= 11 is 1.43. The number of rotatable bonds is 2. The Morgan fingerprint density at radius 1 is 1.05 bits per heavy atom. The molecule has 1 fully saturated rings. The summed E-state index contributed by atoms with van der Waals surface area (Å²) in [6.45, 7) is 0. The molecule has 1 aliphatic rings. The monoisotopic (exact) mass is 320 g/mol. The van der Waals surface area contributed by atoms with Gasteiger partial charge in [0.15, 0.2) is 5.65 Å². The number of nitrogens with zero attached hydrogens (tertiary/aromatic N) is 4. The Balaban J connectivity index is 2.31. The van der Waals surface area contributed by atoms with Gasteiger partial charge >= 0.3 is 5.69 Å². The summed E-state index contributed by atoms with van der Waals surface area (Å²) in [5.41, 5.74) is -0.219. The van der Waals surface area contributed by atoms with Crippen LogP contribution in [0.3, 0.4) is 0 Å². The summed E-state index contributed by atoms with van der Waals surface area (Å²) in [5, 5.41) is 1.11. The third-order valence-electron chi connectivity index (χ3n) is 4.45. The maximum absolute atomic E-state index is 12.4. The van der Waals surface area contributed by atoms with Gasteiger partial charge in [-0.2, -0.15) is 0 Å². The van der Waals surface area contributed by atoms with Crippen molar-refractivity contribution in [1.29, 1.82) is 0 Å². The number of hydrogen-bond acceptors (Lipinski definition) is 5. The lowest BCUT2D eigenvalue weighted by atomic mass is 9.89. The zero-order valence-corrected chi connectivity index (χ0v) is 13.9. The molecule has 0 spiro atoms. The summed E-state index contributed by atoms with van der Waals surface area (Å²) < 4.78 is 2.57. The van der Waals surface area contributed by atoms with Crippen LogP contribution in [-0.2, 0) is 14.1 Å². The second-order valence-electron chi connectivity index (χ2n) is 5.83. The van der Waals surface area contributed by atoms with E-state index in [0.29, 0.717) is 22.0 Å². The molecule has 6 nitrogen and oxygen atoms in total. The molecule has 1 saturated carbocycles. The third kappa shape index (κ3) is 2.37. The summed E-state index contributed by atoms with van der Waals surface area (Å²) in [6, 6.07) is 0. The highest BCUT2D eigenvalue weighted by Crippen LogP contribution is 2.32. The molecule has 0 atom stereocenters. The number of fused-ring (bicyclic) bond motifs is 1. The first kappa shape index (κ1) is 15.3. The van der Waals surface area contributed by atoms with Crippen molar-refractivity contribution in [3.63, 3.8) is 0 Å². The fraction of sp³-hybridized carbons (Fsp3) is 0.600. The summed E-state index contributed by atoms with van der Waals surface area (Å²) in [5.74, 6) is 1.11. The molecule has 1 aliphatic carbocycles. The summed E-state index contributed by atoms with van der Waals surface area (Å²) in [4.78, 5) is 33.8. The van der Waals surface area contributed by atoms with Gasteiger partial charge in [-0.25, -0.2) is 14.8 Å². The van der Waals surface area contributed by atoms with Crippen molar-refractivity contribution in [3.8, 4) is 0 Å². The number of aromatic nitrogens is 4. The lowest BCUT2D eigenvalue weighted by Gasteiger charge is -2.21. The van der Waals surface area contributed by atoms with Crippen molar-refractivity contribution in [2.24, 2.45) is 14.1 Å². The van der Waals surface area contributed by atoms with Crippen LogP contribution in [0.4, 0.5) is 0 Å². The Morgan fingerprint density at radius 2 is 1.73 bits per heavy atom. The number of thioether (sulfide) groups is 1. The van der Waals surface area contributed by atoms with Crippen molar-refractivity contribution < 1.29 is 0 Å². The van der Waals surface area contributed by atoms with E-state index < -0.39 is 0 Å². The average Bonchev–Trinajstić information content (AvgIpc) is 2.57. The fourth-order valence-corrected chi connectivity index (χ4v) is 3.70. The SMILES string of the molecule is CSc1nc(C2CCCCC2)nc2c1c(=O)n(C)c(=O)n2C. The number of hydrogen-bond donors (Lipinski definition) is 0. The number of aryl methyl sites for hydroxylation is 1. The molecule has 2 aromatic rings. The van der Waals surface area contributed by atoms with E-state index in [9.17, 15) is 9.59 Å². The van der Waals surface area contributed by atoms with Crippen molar-refractivity contribution in [3.05, 3.63) is 26.7 Å². The van der Waals surface area contributed by atoms with Gasteiger partial charge in [0.1, 0.15) is 16.2 Å². The first-order valence-corrected chi connectivity index (χ1v) is 8.78. The lowest BCUT2D eigenvalue weighted by Crippen LogP contribution is -2.38. The molecule has 0 N–H and O–H groups in total. The van der Waals surface area contributed by atoms with Gasteiger partial charge < -0.3 is 0 Å². The van der Waals surface area contributed by atoms with Gasteiger partial charge in [0.05, 0.1) is 0 Å². The Hall–Kier alpha value is -1.63. The molecule has 0 aromatic carbocycles. The van der Waals surface area contributed by atoms with Gasteiger partial charge in [-0.1, -0.05) is 19.3 Å². The Bertz CT molecular complexity index is 834. The predicted octanol–water partition coefficient (Wildman–Crippen LogP) is 1.80. The van der Waals surface area contributed by atoms with E-state index in [1.54, 1.807) is 7.05 Å². The fourth-order valence-electron chi connectivity index (χ4n) is 3.14. The van der Waals surface area contributed by atoms with Gasteiger partial charge in [0, 0.05) is 20.0 Å². The van der Waals surface area contributed by atoms with Crippen LogP contribution in [0, 0.1) is 0 Å². The highest BCUT2D eigenvalue weighted by Gasteiger charge is 2.22. The van der Waals surface area contributed by atoms with Crippen LogP contribution in [0.15, 0.2) is 14.6 Å². The molecule has 118 valence electrons. The molecule has 3 rings (SSSR count). The molecule has 2 heterocycles. The molecule has 0 bridgehead atoms. The van der Waals surface area contributed by atoms with Gasteiger partial charge in [0.25, 0.3) is 5.56 Å². The highest BCUT2D eigenvalue weighted by atomic mass is 32.2. The zero-order valence-electron chi connectivity index (χ0n) is 13.1. The molecule has 0 aliphatic heterocycles. The maximum Gasteiger partial charge on any atom is 0.332 e. The van der Waals surface area contributed by atoms with E-state index in [0.717, 1.165) is 23.2 Å². The lowest BCUT2D eigenvalue weighted by molar-refractivity contribution is 0.427. The Morgan fingerprint density at radius 3 is 2.36 bits per heavy atom. The Kier molecular flexibility index (Phi) is 4.08. The van der Waals surface area contributed by atoms with E-state index in [-0.39, 0.29) is 11.2 Å². The molecule has 2 aromatic heterocycles. The van der Waals surface area contributed by atoms with Crippen LogP contribution in [0.1, 0.15) is 43.8 Å². The van der Waals surface area contributed by atoms with Crippen LogP contribution in [0.25, 0.3) is 11.0 Å². The van der Waals surface area contributed by atoms with Gasteiger partial charge in [0.2, 0.25) is 0 Å². The van der Waals surface area contributed by atoms with E-state index in [1.165, 1.54) is 42.6 Å². The smallest absolute Gasteiger partial charge is 0.280 e. The molecule has 0 unspecified atom stereocenters. The third-order valence-corrected chi connectivity index (χ3v) is 5.13. The van der Waals surface area contributed by atoms with Gasteiger partial charge in [-0.15, -0.1) is 11.8 Å². The van der Waals surface area contributed by atoms with E-state index in [4.69, 9.17) is 0 Å². The quantitative estimate of drug-likeness (QED) is 0.623. The standard InChI is InChI=1S/C15H20N4O2S/c1-18-12-10(14(20)19(2)15(18)21)13(22-3)17-11(16-12)9-7-5-4-6-8-9/h9H,4-8H2,1-3H3. The van der Waals surface area contributed by atoms with Gasteiger partial charge in [-0.3, -0.25) is 13.9 Å². The largest absolute Gasteiger partial charge is 0.332 e.